The topological polar surface area (TPSA) is 38.5 Å². The SMILES string of the molecule is COc1ccc(CN(C)C(C)CSC)cc1N. The highest BCUT2D eigenvalue weighted by atomic mass is 32.2. The molecule has 0 aliphatic heterocycles. The molecule has 1 aromatic carbocycles. The molecule has 1 aromatic rings. The van der Waals surface area contributed by atoms with Gasteiger partial charge in [-0.2, -0.15) is 11.8 Å². The number of hydrogen-bond donors (Lipinski definition) is 1. The molecule has 1 rings (SSSR count). The van der Waals surface area contributed by atoms with Crippen LogP contribution in [0.1, 0.15) is 12.5 Å². The van der Waals surface area contributed by atoms with E-state index < -0.39 is 0 Å². The number of nitrogens with zero attached hydrogens (tertiary/aromatic N) is 1. The molecule has 0 saturated heterocycles. The van der Waals surface area contributed by atoms with Gasteiger partial charge in [-0.3, -0.25) is 4.90 Å². The Morgan fingerprint density at radius 1 is 1.47 bits per heavy atom. The molecule has 0 fully saturated rings. The van der Waals surface area contributed by atoms with Crippen molar-refractivity contribution >= 4 is 17.4 Å². The average Bonchev–Trinajstić information content (AvgIpc) is 2.29. The summed E-state index contributed by atoms with van der Waals surface area (Å²) in [4.78, 5) is 2.33. The van der Waals surface area contributed by atoms with Gasteiger partial charge in [0.15, 0.2) is 0 Å². The largest absolute Gasteiger partial charge is 0.495 e. The lowest BCUT2D eigenvalue weighted by atomic mass is 10.1. The van der Waals surface area contributed by atoms with Gasteiger partial charge >= 0.3 is 0 Å². The van der Waals surface area contributed by atoms with E-state index in [1.807, 2.05) is 23.9 Å². The third-order valence-electron chi connectivity index (χ3n) is 2.89. The number of nitrogen functional groups attached to an aromatic ring is 1. The van der Waals surface area contributed by atoms with E-state index in [9.17, 15) is 0 Å². The fourth-order valence-electron chi connectivity index (χ4n) is 1.69. The second-order valence-electron chi connectivity index (χ2n) is 4.30. The van der Waals surface area contributed by atoms with Gasteiger partial charge in [-0.15, -0.1) is 0 Å². The Labute approximate surface area is 108 Å². The van der Waals surface area contributed by atoms with Crippen molar-refractivity contribution in [3.8, 4) is 5.75 Å². The number of anilines is 1. The minimum Gasteiger partial charge on any atom is -0.495 e. The zero-order valence-corrected chi connectivity index (χ0v) is 11.9. The number of hydrogen-bond acceptors (Lipinski definition) is 4. The zero-order valence-electron chi connectivity index (χ0n) is 11.1. The van der Waals surface area contributed by atoms with Gasteiger partial charge in [0.25, 0.3) is 0 Å². The highest BCUT2D eigenvalue weighted by Gasteiger charge is 2.09. The molecule has 0 spiro atoms. The average molecular weight is 254 g/mol. The second kappa shape index (κ2) is 6.77. The van der Waals surface area contributed by atoms with E-state index in [1.54, 1.807) is 7.11 Å². The Hall–Kier alpha value is -0.870. The number of rotatable bonds is 6. The van der Waals surface area contributed by atoms with Gasteiger partial charge in [-0.1, -0.05) is 6.07 Å². The lowest BCUT2D eigenvalue weighted by Gasteiger charge is -2.24. The van der Waals surface area contributed by atoms with Crippen LogP contribution in [-0.4, -0.2) is 37.1 Å². The molecule has 0 amide bonds. The van der Waals surface area contributed by atoms with Crippen LogP contribution in [0.25, 0.3) is 0 Å². The number of nitrogens with two attached hydrogens (primary N) is 1. The highest BCUT2D eigenvalue weighted by Crippen LogP contribution is 2.22. The summed E-state index contributed by atoms with van der Waals surface area (Å²) in [6, 6.07) is 6.55. The van der Waals surface area contributed by atoms with Crippen molar-refractivity contribution in [3.63, 3.8) is 0 Å². The van der Waals surface area contributed by atoms with Crippen molar-refractivity contribution in [2.24, 2.45) is 0 Å². The Morgan fingerprint density at radius 2 is 2.18 bits per heavy atom. The van der Waals surface area contributed by atoms with Crippen molar-refractivity contribution in [2.75, 3.05) is 31.9 Å². The molecule has 2 N–H and O–H groups in total. The Bertz CT molecular complexity index is 357. The zero-order chi connectivity index (χ0) is 12.8. The van der Waals surface area contributed by atoms with Gasteiger partial charge in [0.1, 0.15) is 5.75 Å². The molecule has 0 aliphatic rings. The molecule has 1 atom stereocenters. The summed E-state index contributed by atoms with van der Waals surface area (Å²) < 4.78 is 5.15. The van der Waals surface area contributed by atoms with E-state index in [4.69, 9.17) is 10.5 Å². The summed E-state index contributed by atoms with van der Waals surface area (Å²) in [6.45, 7) is 3.15. The van der Waals surface area contributed by atoms with Crippen LogP contribution in [0, 0.1) is 0 Å². The van der Waals surface area contributed by atoms with Crippen LogP contribution < -0.4 is 10.5 Å². The first-order chi connectivity index (χ1) is 8.08. The normalized spacial score (nSPS) is 12.8. The van der Waals surface area contributed by atoms with Crippen molar-refractivity contribution in [2.45, 2.75) is 19.5 Å². The van der Waals surface area contributed by atoms with Crippen molar-refractivity contribution in [1.82, 2.24) is 4.90 Å². The van der Waals surface area contributed by atoms with Gasteiger partial charge in [0, 0.05) is 18.3 Å². The van der Waals surface area contributed by atoms with Crippen LogP contribution in [0.4, 0.5) is 5.69 Å². The fourth-order valence-corrected chi connectivity index (χ4v) is 2.43. The van der Waals surface area contributed by atoms with Gasteiger partial charge in [0.05, 0.1) is 12.8 Å². The van der Waals surface area contributed by atoms with Crippen LogP contribution in [-0.2, 0) is 6.54 Å². The van der Waals surface area contributed by atoms with Crippen molar-refractivity contribution in [3.05, 3.63) is 23.8 Å². The van der Waals surface area contributed by atoms with E-state index in [0.29, 0.717) is 11.7 Å². The fraction of sp³-hybridized carbons (Fsp3) is 0.538. The van der Waals surface area contributed by atoms with Gasteiger partial charge in [-0.25, -0.2) is 0 Å². The summed E-state index contributed by atoms with van der Waals surface area (Å²) in [7, 11) is 3.78. The predicted molar refractivity (Wildman–Crippen MR) is 76.7 cm³/mol. The molecule has 4 heteroatoms. The maximum atomic E-state index is 5.89. The number of ether oxygens (including phenoxy) is 1. The number of benzene rings is 1. The van der Waals surface area contributed by atoms with Gasteiger partial charge in [-0.05, 0) is 37.9 Å². The van der Waals surface area contributed by atoms with E-state index in [-0.39, 0.29) is 0 Å². The molecular formula is C13H22N2OS. The third kappa shape index (κ3) is 4.13. The second-order valence-corrected chi connectivity index (χ2v) is 5.21. The van der Waals surface area contributed by atoms with E-state index in [0.717, 1.165) is 18.0 Å². The Balaban J connectivity index is 2.65. The molecule has 0 heterocycles. The molecule has 17 heavy (non-hydrogen) atoms. The molecule has 96 valence electrons. The first-order valence-corrected chi connectivity index (χ1v) is 7.09. The van der Waals surface area contributed by atoms with Crippen LogP contribution in [0.2, 0.25) is 0 Å². The van der Waals surface area contributed by atoms with Crippen LogP contribution in [0.5, 0.6) is 5.75 Å². The quantitative estimate of drug-likeness (QED) is 0.792. The molecule has 0 saturated carbocycles. The number of methoxy groups -OCH3 is 1. The maximum absolute atomic E-state index is 5.89. The minimum absolute atomic E-state index is 0.563. The summed E-state index contributed by atoms with van der Waals surface area (Å²) in [5.41, 5.74) is 7.82. The van der Waals surface area contributed by atoms with Gasteiger partial charge in [0.2, 0.25) is 0 Å². The molecule has 0 bridgehead atoms. The summed E-state index contributed by atoms with van der Waals surface area (Å²) in [5.74, 6) is 1.89. The third-order valence-corrected chi connectivity index (χ3v) is 3.70. The van der Waals surface area contributed by atoms with E-state index in [2.05, 4.69) is 31.2 Å². The van der Waals surface area contributed by atoms with Crippen LogP contribution >= 0.6 is 11.8 Å². The Morgan fingerprint density at radius 3 is 2.71 bits per heavy atom. The highest BCUT2D eigenvalue weighted by molar-refractivity contribution is 7.98. The van der Waals surface area contributed by atoms with Crippen molar-refractivity contribution < 1.29 is 4.74 Å². The van der Waals surface area contributed by atoms with E-state index in [1.165, 1.54) is 5.56 Å². The first-order valence-electron chi connectivity index (χ1n) is 5.70. The first kappa shape index (κ1) is 14.2. The molecular weight excluding hydrogens is 232 g/mol. The van der Waals surface area contributed by atoms with Gasteiger partial charge < -0.3 is 10.5 Å². The summed E-state index contributed by atoms with van der Waals surface area (Å²) >= 11 is 1.87. The molecule has 3 nitrogen and oxygen atoms in total. The summed E-state index contributed by atoms with van der Waals surface area (Å²) in [5, 5.41) is 0. The lowest BCUT2D eigenvalue weighted by Crippen LogP contribution is -2.30. The molecule has 0 radical (unpaired) electrons. The van der Waals surface area contributed by atoms with E-state index >= 15 is 0 Å². The monoisotopic (exact) mass is 254 g/mol. The van der Waals surface area contributed by atoms with Crippen LogP contribution in [0.3, 0.4) is 0 Å². The molecule has 0 aromatic heterocycles. The predicted octanol–water partition coefficient (Wildman–Crippen LogP) is 2.46. The standard InChI is InChI=1S/C13H22N2OS/c1-10(9-17-4)15(2)8-11-5-6-13(16-3)12(14)7-11/h5-7,10H,8-9,14H2,1-4H3. The molecule has 1 unspecified atom stereocenters. The maximum Gasteiger partial charge on any atom is 0.141 e. The minimum atomic E-state index is 0.563. The number of thioether (sulfide) groups is 1. The lowest BCUT2D eigenvalue weighted by molar-refractivity contribution is 0.269. The van der Waals surface area contributed by atoms with Crippen molar-refractivity contribution in [1.29, 1.82) is 0 Å². The summed E-state index contributed by atoms with van der Waals surface area (Å²) in [6.07, 6.45) is 2.13. The Kier molecular flexibility index (Phi) is 5.65. The molecule has 0 aliphatic carbocycles. The van der Waals surface area contributed by atoms with Crippen LogP contribution in [0.15, 0.2) is 18.2 Å². The smallest absolute Gasteiger partial charge is 0.141 e.